The number of methoxy groups -OCH3 is 1. The van der Waals surface area contributed by atoms with Crippen molar-refractivity contribution in [1.29, 1.82) is 0 Å². The summed E-state index contributed by atoms with van der Waals surface area (Å²) in [6.07, 6.45) is 4.97. The Labute approximate surface area is 136 Å². The molecule has 0 amide bonds. The van der Waals surface area contributed by atoms with Crippen LogP contribution in [0.2, 0.25) is 0 Å². The molecule has 2 rings (SSSR count). The highest BCUT2D eigenvalue weighted by molar-refractivity contribution is 5.80. The molecule has 1 aliphatic carbocycles. The molecule has 0 radical (unpaired) electrons. The van der Waals surface area contributed by atoms with Gasteiger partial charge in [0.1, 0.15) is 0 Å². The zero-order valence-corrected chi connectivity index (χ0v) is 14.0. The molecule has 0 aromatic heterocycles. The molecule has 132 valence electrons. The maximum Gasteiger partial charge on any atom is 0.340 e. The number of carboxylic acid groups (broad SMARTS) is 1. The Morgan fingerprint density at radius 2 is 1.65 bits per heavy atom. The first-order valence-corrected chi connectivity index (χ1v) is 8.22. The smallest absolute Gasteiger partial charge is 0.340 e. The quantitative estimate of drug-likeness (QED) is 0.582. The van der Waals surface area contributed by atoms with Crippen LogP contribution in [-0.2, 0) is 23.8 Å². The first kappa shape index (κ1) is 18.2. The van der Waals surface area contributed by atoms with E-state index in [1.54, 1.807) is 0 Å². The van der Waals surface area contributed by atoms with Gasteiger partial charge in [-0.25, -0.2) is 9.59 Å². The van der Waals surface area contributed by atoms with Gasteiger partial charge in [0.05, 0.1) is 0 Å². The van der Waals surface area contributed by atoms with Crippen molar-refractivity contribution in [2.75, 3.05) is 34.0 Å². The van der Waals surface area contributed by atoms with Crippen LogP contribution in [0.4, 0.5) is 0 Å². The Hall–Kier alpha value is -1.18. The van der Waals surface area contributed by atoms with Crippen molar-refractivity contribution in [3.63, 3.8) is 0 Å². The minimum Gasteiger partial charge on any atom is -0.479 e. The fraction of sp³-hybridized carbons (Fsp3) is 0.875. The van der Waals surface area contributed by atoms with E-state index in [4.69, 9.17) is 14.2 Å². The van der Waals surface area contributed by atoms with Gasteiger partial charge in [-0.05, 0) is 32.7 Å². The molecule has 7 heteroatoms. The zero-order valence-electron chi connectivity index (χ0n) is 14.0. The third kappa shape index (κ3) is 4.02. The summed E-state index contributed by atoms with van der Waals surface area (Å²) in [6, 6.07) is 0. The van der Waals surface area contributed by atoms with Crippen molar-refractivity contribution < 1.29 is 28.9 Å². The molecule has 1 saturated carbocycles. The molecule has 23 heavy (non-hydrogen) atoms. The summed E-state index contributed by atoms with van der Waals surface area (Å²) < 4.78 is 16.1. The summed E-state index contributed by atoms with van der Waals surface area (Å²) in [5, 5.41) is 9.48. The maximum atomic E-state index is 12.3. The van der Waals surface area contributed by atoms with Gasteiger partial charge in [-0.3, -0.25) is 0 Å². The van der Waals surface area contributed by atoms with Gasteiger partial charge in [-0.15, -0.1) is 0 Å². The van der Waals surface area contributed by atoms with Crippen LogP contribution < -0.4 is 0 Å². The van der Waals surface area contributed by atoms with Gasteiger partial charge >= 0.3 is 11.9 Å². The van der Waals surface area contributed by atoms with Crippen LogP contribution in [0.1, 0.15) is 44.9 Å². The lowest BCUT2D eigenvalue weighted by Crippen LogP contribution is -2.51. The number of nitrogens with zero attached hydrogens (tertiary/aromatic N) is 1. The first-order valence-electron chi connectivity index (χ1n) is 8.22. The van der Waals surface area contributed by atoms with Crippen molar-refractivity contribution >= 4 is 11.9 Å². The number of carbonyl (C=O) groups is 2. The fourth-order valence-electron chi connectivity index (χ4n) is 3.34. The molecule has 0 unspecified atom stereocenters. The van der Waals surface area contributed by atoms with Crippen LogP contribution in [0.3, 0.4) is 0 Å². The minimum absolute atomic E-state index is 0.347. The molecule has 2 aliphatic rings. The molecule has 1 N–H and O–H groups in total. The summed E-state index contributed by atoms with van der Waals surface area (Å²) in [4.78, 5) is 26.0. The van der Waals surface area contributed by atoms with E-state index in [9.17, 15) is 14.7 Å². The topological polar surface area (TPSA) is 85.3 Å². The van der Waals surface area contributed by atoms with Gasteiger partial charge in [-0.2, -0.15) is 0 Å². The highest BCUT2D eigenvalue weighted by Crippen LogP contribution is 2.33. The minimum atomic E-state index is -1.26. The van der Waals surface area contributed by atoms with E-state index >= 15 is 0 Å². The summed E-state index contributed by atoms with van der Waals surface area (Å²) in [7, 11) is 3.46. The number of likely N-dealkylation sites (tertiary alicyclic amines) is 1. The summed E-state index contributed by atoms with van der Waals surface area (Å²) in [5.74, 6) is -1.45. The van der Waals surface area contributed by atoms with E-state index in [2.05, 4.69) is 4.90 Å². The summed E-state index contributed by atoms with van der Waals surface area (Å²) >= 11 is 0. The number of piperidine rings is 1. The van der Waals surface area contributed by atoms with Crippen LogP contribution >= 0.6 is 0 Å². The van der Waals surface area contributed by atoms with E-state index < -0.39 is 23.1 Å². The SMILES string of the molecule is COC1(C(=O)OCOC2(C(=O)O)CCN(C)CC2)CCCCC1. The molecular formula is C16H27NO6. The van der Waals surface area contributed by atoms with Crippen molar-refractivity contribution in [1.82, 2.24) is 4.90 Å². The molecule has 2 fully saturated rings. The number of carboxylic acids is 1. The standard InChI is InChI=1S/C16H27NO6/c1-17-10-8-15(9-11-17,13(18)19)23-12-22-14(20)16(21-2)6-4-3-5-7-16/h3-12H2,1-2H3,(H,18,19). The number of ether oxygens (including phenoxy) is 3. The lowest BCUT2D eigenvalue weighted by Gasteiger charge is -2.37. The molecule has 1 saturated heterocycles. The number of rotatable bonds is 6. The zero-order chi connectivity index (χ0) is 16.9. The molecule has 0 bridgehead atoms. The molecule has 0 atom stereocenters. The lowest BCUT2D eigenvalue weighted by atomic mass is 9.85. The van der Waals surface area contributed by atoms with Crippen molar-refractivity contribution in [3.05, 3.63) is 0 Å². The number of esters is 1. The van der Waals surface area contributed by atoms with Gasteiger partial charge in [0.25, 0.3) is 0 Å². The van der Waals surface area contributed by atoms with E-state index in [1.807, 2.05) is 7.05 Å². The third-order valence-electron chi connectivity index (χ3n) is 5.13. The molecule has 0 aromatic rings. The van der Waals surface area contributed by atoms with E-state index in [-0.39, 0.29) is 6.79 Å². The van der Waals surface area contributed by atoms with Gasteiger partial charge in [-0.1, -0.05) is 6.42 Å². The second-order valence-corrected chi connectivity index (χ2v) is 6.56. The van der Waals surface area contributed by atoms with Crippen LogP contribution in [0, 0.1) is 0 Å². The van der Waals surface area contributed by atoms with Crippen LogP contribution in [0.5, 0.6) is 0 Å². The molecule has 7 nitrogen and oxygen atoms in total. The largest absolute Gasteiger partial charge is 0.479 e. The van der Waals surface area contributed by atoms with Gasteiger partial charge in [0.2, 0.25) is 0 Å². The van der Waals surface area contributed by atoms with Crippen LogP contribution in [0.15, 0.2) is 0 Å². The number of carbonyl (C=O) groups excluding carboxylic acids is 1. The Morgan fingerprint density at radius 3 is 2.17 bits per heavy atom. The van der Waals surface area contributed by atoms with Gasteiger partial charge in [0.15, 0.2) is 18.0 Å². The molecular weight excluding hydrogens is 302 g/mol. The molecule has 1 aliphatic heterocycles. The van der Waals surface area contributed by atoms with E-state index in [0.717, 1.165) is 19.3 Å². The second-order valence-electron chi connectivity index (χ2n) is 6.56. The number of hydrogen-bond donors (Lipinski definition) is 1. The van der Waals surface area contributed by atoms with Crippen molar-refractivity contribution in [3.8, 4) is 0 Å². The predicted octanol–water partition coefficient (Wildman–Crippen LogP) is 1.40. The first-order chi connectivity index (χ1) is 10.9. The fourth-order valence-corrected chi connectivity index (χ4v) is 3.34. The Morgan fingerprint density at radius 1 is 1.04 bits per heavy atom. The van der Waals surface area contributed by atoms with Crippen molar-refractivity contribution in [2.24, 2.45) is 0 Å². The van der Waals surface area contributed by atoms with Crippen molar-refractivity contribution in [2.45, 2.75) is 56.1 Å². The normalized spacial score (nSPS) is 24.1. The summed E-state index contributed by atoms with van der Waals surface area (Å²) in [5.41, 5.74) is -2.16. The maximum absolute atomic E-state index is 12.3. The Bertz CT molecular complexity index is 424. The predicted molar refractivity (Wildman–Crippen MR) is 82.0 cm³/mol. The van der Waals surface area contributed by atoms with E-state index in [1.165, 1.54) is 7.11 Å². The Balaban J connectivity index is 1.89. The highest BCUT2D eigenvalue weighted by Gasteiger charge is 2.44. The van der Waals surface area contributed by atoms with Gasteiger partial charge in [0, 0.05) is 33.0 Å². The molecule has 1 heterocycles. The lowest BCUT2D eigenvalue weighted by molar-refractivity contribution is -0.209. The molecule has 0 aromatic carbocycles. The third-order valence-corrected chi connectivity index (χ3v) is 5.13. The number of hydrogen-bond acceptors (Lipinski definition) is 6. The van der Waals surface area contributed by atoms with E-state index in [0.29, 0.717) is 38.8 Å². The number of aliphatic carboxylic acids is 1. The Kier molecular flexibility index (Phi) is 6.00. The monoisotopic (exact) mass is 329 g/mol. The average molecular weight is 329 g/mol. The average Bonchev–Trinajstić information content (AvgIpc) is 2.57. The second kappa shape index (κ2) is 7.59. The summed E-state index contributed by atoms with van der Waals surface area (Å²) in [6.45, 7) is 0.935. The molecule has 0 spiro atoms. The van der Waals surface area contributed by atoms with Gasteiger partial charge < -0.3 is 24.2 Å². The van der Waals surface area contributed by atoms with Crippen LogP contribution in [0.25, 0.3) is 0 Å². The van der Waals surface area contributed by atoms with Crippen LogP contribution in [-0.4, -0.2) is 67.2 Å². The highest BCUT2D eigenvalue weighted by atomic mass is 16.7.